The molecule has 8 heteroatoms. The zero-order valence-corrected chi connectivity index (χ0v) is 16.8. The molecule has 0 N–H and O–H groups in total. The molecule has 3 heterocycles. The van der Waals surface area contributed by atoms with Crippen molar-refractivity contribution >= 4 is 29.4 Å². The number of benzene rings is 1. The molecule has 4 rings (SSSR count). The minimum atomic E-state index is -0.529. The Morgan fingerprint density at radius 2 is 2.04 bits per heavy atom. The number of anilines is 1. The predicted molar refractivity (Wildman–Crippen MR) is 106 cm³/mol. The number of amides is 3. The van der Waals surface area contributed by atoms with Crippen LogP contribution in [0.4, 0.5) is 10.5 Å². The summed E-state index contributed by atoms with van der Waals surface area (Å²) < 4.78 is 7.86. The fraction of sp³-hybridized carbons (Fsp3) is 0.500. The predicted octanol–water partition coefficient (Wildman–Crippen LogP) is 1.60. The number of amidine groups is 1. The van der Waals surface area contributed by atoms with E-state index >= 15 is 0 Å². The molecule has 1 saturated heterocycles. The van der Waals surface area contributed by atoms with Crippen LogP contribution in [0, 0.1) is 5.92 Å². The van der Waals surface area contributed by atoms with Crippen molar-refractivity contribution in [3.8, 4) is 5.75 Å². The van der Waals surface area contributed by atoms with Gasteiger partial charge in [0, 0.05) is 20.2 Å². The Labute approximate surface area is 164 Å². The first-order chi connectivity index (χ1) is 13.4. The van der Waals surface area contributed by atoms with Gasteiger partial charge in [0.1, 0.15) is 18.0 Å². The summed E-state index contributed by atoms with van der Waals surface area (Å²) in [7, 11) is 3.18. The molecule has 0 radical (unpaired) electrons. The third-order valence-corrected chi connectivity index (χ3v) is 5.41. The van der Waals surface area contributed by atoms with Gasteiger partial charge in [-0.1, -0.05) is 24.9 Å². The number of imide groups is 1. The summed E-state index contributed by atoms with van der Waals surface area (Å²) in [5.41, 5.74) is 0.970. The highest BCUT2D eigenvalue weighted by Crippen LogP contribution is 2.28. The average Bonchev–Trinajstić information content (AvgIpc) is 3.24. The highest BCUT2D eigenvalue weighted by molar-refractivity contribution is 6.24. The summed E-state index contributed by atoms with van der Waals surface area (Å²) in [6.07, 6.45) is 1.00. The lowest BCUT2D eigenvalue weighted by molar-refractivity contribution is -0.525. The van der Waals surface area contributed by atoms with E-state index in [1.165, 1.54) is 16.8 Å². The van der Waals surface area contributed by atoms with Gasteiger partial charge in [0.25, 0.3) is 5.91 Å². The molecule has 0 aromatic heterocycles. The van der Waals surface area contributed by atoms with Crippen LogP contribution in [0.25, 0.3) is 0 Å². The van der Waals surface area contributed by atoms with E-state index in [0.29, 0.717) is 30.9 Å². The molecule has 0 spiro atoms. The van der Waals surface area contributed by atoms with Crippen molar-refractivity contribution < 1.29 is 18.9 Å². The summed E-state index contributed by atoms with van der Waals surface area (Å²) in [4.78, 5) is 34.3. The SMILES string of the molecule is CC(C)CCOc1cccc(N2CC[N+]3=C2N=C2C3C(=O)N(C)C(=O)N2C)c1. The number of nitrogens with zero attached hydrogens (tertiary/aromatic N) is 5. The van der Waals surface area contributed by atoms with Gasteiger partial charge in [0.05, 0.1) is 13.2 Å². The van der Waals surface area contributed by atoms with E-state index < -0.39 is 6.04 Å². The Hall–Kier alpha value is -2.90. The molecule has 0 saturated carbocycles. The Bertz CT molecular complexity index is 892. The lowest BCUT2D eigenvalue weighted by Gasteiger charge is -2.31. The van der Waals surface area contributed by atoms with Crippen molar-refractivity contribution in [1.82, 2.24) is 9.80 Å². The fourth-order valence-electron chi connectivity index (χ4n) is 3.74. The molecule has 3 aliphatic rings. The van der Waals surface area contributed by atoms with Gasteiger partial charge in [-0.3, -0.25) is 14.6 Å². The summed E-state index contributed by atoms with van der Waals surface area (Å²) in [5.74, 6) is 2.39. The zero-order valence-electron chi connectivity index (χ0n) is 16.8. The van der Waals surface area contributed by atoms with Crippen molar-refractivity contribution in [3.05, 3.63) is 24.3 Å². The minimum Gasteiger partial charge on any atom is -0.493 e. The number of likely N-dealkylation sites (N-methyl/N-ethyl adjacent to an activating group) is 2. The summed E-state index contributed by atoms with van der Waals surface area (Å²) in [5, 5.41) is 0. The van der Waals surface area contributed by atoms with Crippen molar-refractivity contribution in [2.24, 2.45) is 10.9 Å². The van der Waals surface area contributed by atoms with E-state index in [9.17, 15) is 9.59 Å². The van der Waals surface area contributed by atoms with Crippen molar-refractivity contribution in [2.75, 3.05) is 38.7 Å². The molecule has 1 unspecified atom stereocenters. The van der Waals surface area contributed by atoms with Crippen molar-refractivity contribution in [1.29, 1.82) is 0 Å². The molecule has 1 aromatic carbocycles. The number of aliphatic imine (C=N–C) groups is 1. The number of rotatable bonds is 5. The number of hydrogen-bond donors (Lipinski definition) is 0. The van der Waals surface area contributed by atoms with Gasteiger partial charge in [-0.25, -0.2) is 14.3 Å². The maximum Gasteiger partial charge on any atom is 0.397 e. The van der Waals surface area contributed by atoms with Crippen LogP contribution in [0.5, 0.6) is 5.75 Å². The number of hydrogen-bond acceptors (Lipinski definition) is 5. The van der Waals surface area contributed by atoms with Gasteiger partial charge in [-0.05, 0) is 24.5 Å². The van der Waals surface area contributed by atoms with Crippen LogP contribution in [0.3, 0.4) is 0 Å². The van der Waals surface area contributed by atoms with Gasteiger partial charge in [-0.15, -0.1) is 0 Å². The summed E-state index contributed by atoms with van der Waals surface area (Å²) in [6, 6.07) is 7.05. The lowest BCUT2D eigenvalue weighted by Crippen LogP contribution is -2.61. The van der Waals surface area contributed by atoms with Gasteiger partial charge in [0.15, 0.2) is 0 Å². The van der Waals surface area contributed by atoms with Crippen LogP contribution in [-0.2, 0) is 4.79 Å². The van der Waals surface area contributed by atoms with Crippen LogP contribution in [0.15, 0.2) is 29.3 Å². The standard InChI is InChI=1S/C20H26N5O3/c1-13(2)8-11-28-15-7-5-6-14(12-15)24-9-10-25-16-17(21-19(24)25)22(3)20(27)23(4)18(16)26/h5-7,12-13,16H,8-11H2,1-4H3/q+1. The molecule has 0 aliphatic carbocycles. The van der Waals surface area contributed by atoms with Crippen molar-refractivity contribution in [2.45, 2.75) is 26.3 Å². The van der Waals surface area contributed by atoms with Gasteiger partial charge in [-0.2, -0.15) is 0 Å². The largest absolute Gasteiger partial charge is 0.493 e. The zero-order chi connectivity index (χ0) is 20.0. The van der Waals surface area contributed by atoms with E-state index in [1.807, 2.05) is 28.8 Å². The van der Waals surface area contributed by atoms with E-state index in [1.54, 1.807) is 7.05 Å². The first-order valence-electron chi connectivity index (χ1n) is 9.66. The molecular formula is C20H26N5O3+. The third-order valence-electron chi connectivity index (χ3n) is 5.41. The second-order valence-electron chi connectivity index (χ2n) is 7.78. The summed E-state index contributed by atoms with van der Waals surface area (Å²) >= 11 is 0. The Balaban J connectivity index is 1.59. The number of guanidine groups is 1. The number of fused-ring (bicyclic) bond motifs is 2. The van der Waals surface area contributed by atoms with E-state index in [0.717, 1.165) is 24.4 Å². The van der Waals surface area contributed by atoms with Gasteiger partial charge >= 0.3 is 12.0 Å². The number of ether oxygens (including phenoxy) is 1. The Kier molecular flexibility index (Phi) is 4.56. The van der Waals surface area contributed by atoms with E-state index in [4.69, 9.17) is 4.74 Å². The first-order valence-corrected chi connectivity index (χ1v) is 9.66. The molecular weight excluding hydrogens is 358 g/mol. The Morgan fingerprint density at radius 3 is 2.79 bits per heavy atom. The highest BCUT2D eigenvalue weighted by Gasteiger charge is 2.54. The number of urea groups is 1. The number of carbonyl (C=O) groups excluding carboxylic acids is 2. The molecule has 3 aliphatic heterocycles. The molecule has 1 fully saturated rings. The van der Waals surface area contributed by atoms with E-state index in [-0.39, 0.29) is 11.9 Å². The Morgan fingerprint density at radius 1 is 1.25 bits per heavy atom. The molecule has 1 aromatic rings. The van der Waals surface area contributed by atoms with Crippen molar-refractivity contribution in [3.63, 3.8) is 0 Å². The lowest BCUT2D eigenvalue weighted by atomic mass is 10.1. The smallest absolute Gasteiger partial charge is 0.397 e. The molecule has 3 amide bonds. The molecule has 148 valence electrons. The molecule has 1 atom stereocenters. The maximum atomic E-state index is 12.7. The quantitative estimate of drug-likeness (QED) is 0.724. The maximum absolute atomic E-state index is 12.7. The topological polar surface area (TPSA) is 68.5 Å². The van der Waals surface area contributed by atoms with Crippen LogP contribution < -0.4 is 9.64 Å². The van der Waals surface area contributed by atoms with Crippen LogP contribution >= 0.6 is 0 Å². The van der Waals surface area contributed by atoms with Gasteiger partial charge in [0.2, 0.25) is 11.9 Å². The number of carbonyl (C=O) groups is 2. The summed E-state index contributed by atoms with van der Waals surface area (Å²) in [6.45, 7) is 6.44. The molecule has 8 nitrogen and oxygen atoms in total. The highest BCUT2D eigenvalue weighted by atomic mass is 16.5. The third kappa shape index (κ3) is 2.93. The first kappa shape index (κ1) is 18.5. The average molecular weight is 384 g/mol. The second kappa shape index (κ2) is 6.92. The van der Waals surface area contributed by atoms with Crippen LogP contribution in [0.1, 0.15) is 20.3 Å². The molecule has 28 heavy (non-hydrogen) atoms. The normalized spacial score (nSPS) is 21.5. The van der Waals surface area contributed by atoms with Crippen LogP contribution in [-0.4, -0.2) is 77.9 Å². The monoisotopic (exact) mass is 384 g/mol. The van der Waals surface area contributed by atoms with Gasteiger partial charge < -0.3 is 4.74 Å². The van der Waals surface area contributed by atoms with E-state index in [2.05, 4.69) is 23.7 Å². The minimum absolute atomic E-state index is 0.232. The molecule has 0 bridgehead atoms. The fourth-order valence-corrected chi connectivity index (χ4v) is 3.74. The van der Waals surface area contributed by atoms with Crippen LogP contribution in [0.2, 0.25) is 0 Å². The second-order valence-corrected chi connectivity index (χ2v) is 7.78.